The van der Waals surface area contributed by atoms with Gasteiger partial charge in [0.2, 0.25) is 0 Å². The molecule has 0 saturated carbocycles. The van der Waals surface area contributed by atoms with Gasteiger partial charge in [0.25, 0.3) is 23.2 Å². The molecule has 0 unspecified atom stereocenters. The van der Waals surface area contributed by atoms with Crippen LogP contribution in [0.15, 0.2) is 48.5 Å². The van der Waals surface area contributed by atoms with Crippen LogP contribution in [0.2, 0.25) is 0 Å². The standard InChI is InChI=1S/C21H25N5O6/c27-20(16-8-1-3-10-18(16)25(29)30)23-14-6-5-12-22-13-7-15-24-21(28)17-9-2-4-11-19(17)26(31)32/h1-4,8-11,22H,5-7,12-15H2,(H,23,27)(H,24,28). The molecule has 2 aromatic rings. The Morgan fingerprint density at radius 1 is 0.656 bits per heavy atom. The number of unbranched alkanes of at least 4 members (excludes halogenated alkanes) is 1. The molecule has 0 radical (unpaired) electrons. The number of rotatable bonds is 13. The van der Waals surface area contributed by atoms with Crippen molar-refractivity contribution in [2.24, 2.45) is 0 Å². The number of nitrogens with zero attached hydrogens (tertiary/aromatic N) is 2. The highest BCUT2D eigenvalue weighted by molar-refractivity contribution is 5.98. The highest BCUT2D eigenvalue weighted by Gasteiger charge is 2.19. The molecule has 170 valence electrons. The number of nitro benzene ring substituents is 2. The fourth-order valence-electron chi connectivity index (χ4n) is 2.96. The van der Waals surface area contributed by atoms with Gasteiger partial charge in [-0.2, -0.15) is 0 Å². The average molecular weight is 443 g/mol. The molecule has 0 aliphatic heterocycles. The first-order valence-corrected chi connectivity index (χ1v) is 10.2. The lowest BCUT2D eigenvalue weighted by molar-refractivity contribution is -0.385. The molecule has 0 aliphatic carbocycles. The summed E-state index contributed by atoms with van der Waals surface area (Å²) in [5.41, 5.74) is -0.371. The molecule has 2 rings (SSSR count). The Hall–Kier alpha value is -3.86. The Morgan fingerprint density at radius 3 is 1.56 bits per heavy atom. The second-order valence-electron chi connectivity index (χ2n) is 6.87. The van der Waals surface area contributed by atoms with Crippen molar-refractivity contribution in [2.45, 2.75) is 19.3 Å². The van der Waals surface area contributed by atoms with Gasteiger partial charge in [-0.1, -0.05) is 24.3 Å². The molecule has 0 aromatic heterocycles. The number of nitro groups is 2. The van der Waals surface area contributed by atoms with Gasteiger partial charge in [0.05, 0.1) is 9.85 Å². The van der Waals surface area contributed by atoms with Gasteiger partial charge in [-0.15, -0.1) is 0 Å². The summed E-state index contributed by atoms with van der Waals surface area (Å²) in [7, 11) is 0. The van der Waals surface area contributed by atoms with Gasteiger partial charge in [0, 0.05) is 25.2 Å². The highest BCUT2D eigenvalue weighted by Crippen LogP contribution is 2.18. The normalized spacial score (nSPS) is 10.4. The molecule has 0 aliphatic rings. The minimum absolute atomic E-state index is 0.0355. The number of carbonyl (C=O) groups excluding carboxylic acids is 2. The summed E-state index contributed by atoms with van der Waals surface area (Å²) in [6.07, 6.45) is 2.15. The zero-order valence-corrected chi connectivity index (χ0v) is 17.4. The fraction of sp³-hybridized carbons (Fsp3) is 0.333. The van der Waals surface area contributed by atoms with E-state index in [4.69, 9.17) is 0 Å². The SMILES string of the molecule is O=C(NCCCCNCCCNC(=O)c1ccccc1[N+](=O)[O-])c1ccccc1[N+](=O)[O-]. The topological polar surface area (TPSA) is 157 Å². The lowest BCUT2D eigenvalue weighted by atomic mass is 10.1. The number of amides is 2. The molecule has 2 aromatic carbocycles. The smallest absolute Gasteiger partial charge is 0.282 e. The lowest BCUT2D eigenvalue weighted by Gasteiger charge is -2.08. The van der Waals surface area contributed by atoms with Crippen LogP contribution in [0.4, 0.5) is 11.4 Å². The van der Waals surface area contributed by atoms with E-state index in [1.807, 2.05) is 0 Å². The van der Waals surface area contributed by atoms with Gasteiger partial charge < -0.3 is 16.0 Å². The van der Waals surface area contributed by atoms with Crippen molar-refractivity contribution in [1.29, 1.82) is 0 Å². The lowest BCUT2D eigenvalue weighted by Crippen LogP contribution is -2.28. The number of para-hydroxylation sites is 2. The maximum Gasteiger partial charge on any atom is 0.282 e. The van der Waals surface area contributed by atoms with Crippen LogP contribution < -0.4 is 16.0 Å². The zero-order chi connectivity index (χ0) is 23.3. The summed E-state index contributed by atoms with van der Waals surface area (Å²) in [4.78, 5) is 44.9. The molecule has 2 amide bonds. The van der Waals surface area contributed by atoms with Gasteiger partial charge in [-0.05, 0) is 44.5 Å². The molecule has 0 spiro atoms. The first kappa shape index (κ1) is 24.4. The Labute approximate surface area is 184 Å². The largest absolute Gasteiger partial charge is 0.352 e. The van der Waals surface area contributed by atoms with E-state index in [-0.39, 0.29) is 22.5 Å². The predicted octanol–water partition coefficient (Wildman–Crippen LogP) is 2.42. The highest BCUT2D eigenvalue weighted by atomic mass is 16.6. The van der Waals surface area contributed by atoms with E-state index in [2.05, 4.69) is 16.0 Å². The number of benzene rings is 2. The molecule has 0 saturated heterocycles. The van der Waals surface area contributed by atoms with Crippen LogP contribution in [-0.2, 0) is 0 Å². The Morgan fingerprint density at radius 2 is 1.06 bits per heavy atom. The third-order valence-corrected chi connectivity index (χ3v) is 4.57. The van der Waals surface area contributed by atoms with Crippen LogP contribution in [0.5, 0.6) is 0 Å². The predicted molar refractivity (Wildman–Crippen MR) is 118 cm³/mol. The van der Waals surface area contributed by atoms with E-state index in [0.717, 1.165) is 6.42 Å². The Bertz CT molecular complexity index is 888. The fourth-order valence-corrected chi connectivity index (χ4v) is 2.96. The second kappa shape index (κ2) is 12.7. The zero-order valence-electron chi connectivity index (χ0n) is 17.4. The number of nitrogens with one attached hydrogen (secondary N) is 3. The third kappa shape index (κ3) is 7.43. The van der Waals surface area contributed by atoms with Crippen molar-refractivity contribution in [3.8, 4) is 0 Å². The number of hydrogen-bond acceptors (Lipinski definition) is 7. The quantitative estimate of drug-likeness (QED) is 0.244. The van der Waals surface area contributed by atoms with Crippen molar-refractivity contribution in [3.05, 3.63) is 79.9 Å². The van der Waals surface area contributed by atoms with E-state index >= 15 is 0 Å². The van der Waals surface area contributed by atoms with Crippen LogP contribution in [0, 0.1) is 20.2 Å². The van der Waals surface area contributed by atoms with E-state index in [1.54, 1.807) is 12.1 Å². The molecule has 0 atom stereocenters. The van der Waals surface area contributed by atoms with Crippen molar-refractivity contribution in [3.63, 3.8) is 0 Å². The molecule has 0 heterocycles. The summed E-state index contributed by atoms with van der Waals surface area (Å²) in [5, 5.41) is 30.5. The van der Waals surface area contributed by atoms with Crippen LogP contribution in [0.25, 0.3) is 0 Å². The Balaban J connectivity index is 1.55. The van der Waals surface area contributed by atoms with Crippen LogP contribution in [0.1, 0.15) is 40.0 Å². The molecule has 0 fully saturated rings. The van der Waals surface area contributed by atoms with Gasteiger partial charge in [-0.25, -0.2) is 0 Å². The first-order chi connectivity index (χ1) is 15.4. The van der Waals surface area contributed by atoms with Crippen molar-refractivity contribution >= 4 is 23.2 Å². The van der Waals surface area contributed by atoms with Crippen molar-refractivity contribution in [1.82, 2.24) is 16.0 Å². The van der Waals surface area contributed by atoms with E-state index in [1.165, 1.54) is 36.4 Å². The summed E-state index contributed by atoms with van der Waals surface area (Å²) in [6.45, 7) is 2.14. The van der Waals surface area contributed by atoms with E-state index in [0.29, 0.717) is 39.0 Å². The molecule has 11 heteroatoms. The average Bonchev–Trinajstić information content (AvgIpc) is 2.79. The maximum atomic E-state index is 12.1. The Kier molecular flexibility index (Phi) is 9.72. The molecular formula is C21H25N5O6. The first-order valence-electron chi connectivity index (χ1n) is 10.2. The summed E-state index contributed by atoms with van der Waals surface area (Å²) < 4.78 is 0. The monoisotopic (exact) mass is 443 g/mol. The molecule has 11 nitrogen and oxygen atoms in total. The summed E-state index contributed by atoms with van der Waals surface area (Å²) >= 11 is 0. The summed E-state index contributed by atoms with van der Waals surface area (Å²) in [6, 6.07) is 11.6. The minimum Gasteiger partial charge on any atom is -0.352 e. The minimum atomic E-state index is -0.583. The van der Waals surface area contributed by atoms with Crippen LogP contribution >= 0.6 is 0 Å². The molecule has 3 N–H and O–H groups in total. The van der Waals surface area contributed by atoms with Gasteiger partial charge in [-0.3, -0.25) is 29.8 Å². The van der Waals surface area contributed by atoms with Gasteiger partial charge in [0.1, 0.15) is 11.1 Å². The maximum absolute atomic E-state index is 12.1. The molecular weight excluding hydrogens is 418 g/mol. The summed E-state index contributed by atoms with van der Waals surface area (Å²) in [5.74, 6) is -0.952. The van der Waals surface area contributed by atoms with E-state index in [9.17, 15) is 29.8 Å². The molecule has 32 heavy (non-hydrogen) atoms. The van der Waals surface area contributed by atoms with Crippen molar-refractivity contribution < 1.29 is 19.4 Å². The number of carbonyl (C=O) groups is 2. The van der Waals surface area contributed by atoms with Crippen LogP contribution in [-0.4, -0.2) is 47.8 Å². The second-order valence-corrected chi connectivity index (χ2v) is 6.87. The third-order valence-electron chi connectivity index (χ3n) is 4.57. The van der Waals surface area contributed by atoms with Crippen LogP contribution in [0.3, 0.4) is 0 Å². The van der Waals surface area contributed by atoms with Crippen molar-refractivity contribution in [2.75, 3.05) is 26.2 Å². The van der Waals surface area contributed by atoms with Gasteiger partial charge >= 0.3 is 0 Å². The molecule has 0 bridgehead atoms. The van der Waals surface area contributed by atoms with Gasteiger partial charge in [0.15, 0.2) is 0 Å². The van der Waals surface area contributed by atoms with E-state index < -0.39 is 21.7 Å². The number of hydrogen-bond donors (Lipinski definition) is 3.